The minimum Gasteiger partial charge on any atom is -0.493 e. The summed E-state index contributed by atoms with van der Waals surface area (Å²) >= 11 is 0. The second-order valence-electron chi connectivity index (χ2n) is 11.9. The molecule has 2 N–H and O–H groups in total. The summed E-state index contributed by atoms with van der Waals surface area (Å²) in [6.45, 7) is 11.3. The van der Waals surface area contributed by atoms with Gasteiger partial charge in [0.15, 0.2) is 0 Å². The van der Waals surface area contributed by atoms with Crippen molar-refractivity contribution in [3.8, 4) is 11.5 Å². The Balaban J connectivity index is 1.53. The van der Waals surface area contributed by atoms with Crippen LogP contribution in [-0.2, 0) is 26.6 Å². The topological polar surface area (TPSA) is 85.9 Å². The second-order valence-corrected chi connectivity index (χ2v) is 13.9. The second kappa shape index (κ2) is 12.9. The highest BCUT2D eigenvalue weighted by Gasteiger charge is 2.32. The van der Waals surface area contributed by atoms with Crippen LogP contribution in [-0.4, -0.2) is 40.2 Å². The van der Waals surface area contributed by atoms with Gasteiger partial charge in [-0.1, -0.05) is 26.8 Å². The molecule has 4 rings (SSSR count). The lowest BCUT2D eigenvalue weighted by molar-refractivity contribution is -0.137. The zero-order valence-corrected chi connectivity index (χ0v) is 25.7. The highest BCUT2D eigenvalue weighted by atomic mass is 28.3. The number of carbonyl (C=O) groups excluding carboxylic acids is 2. The molecular weight excluding hydrogens is 565 g/mol. The summed E-state index contributed by atoms with van der Waals surface area (Å²) in [5, 5.41) is 5.80. The Morgan fingerprint density at radius 3 is 2.60 bits per heavy atom. The zero-order chi connectivity index (χ0) is 30.7. The number of hydrogen-bond acceptors (Lipinski definition) is 5. The van der Waals surface area contributed by atoms with Crippen LogP contribution in [0, 0.1) is 5.41 Å². The van der Waals surface area contributed by atoms with Crippen LogP contribution >= 0.6 is 0 Å². The van der Waals surface area contributed by atoms with Gasteiger partial charge >= 0.3 is 6.18 Å². The molecule has 2 heterocycles. The Bertz CT molecular complexity index is 1350. The van der Waals surface area contributed by atoms with E-state index >= 15 is 0 Å². The molecule has 0 bridgehead atoms. The van der Waals surface area contributed by atoms with Crippen molar-refractivity contribution >= 4 is 37.8 Å². The fourth-order valence-corrected chi connectivity index (χ4v) is 6.11. The standard InChI is InChI=1S/C31H38F3N2O5Si/c1-30(2,3)26(41-42(4)5)14-16-40-24-12-11-23(22-10-13-27(37)36-29(22)24)35-28(38)17-19-7-6-15-39-25-18-20(31(32,33)34)8-9-21(19)25/h8-9,11-12,17-18,26H,6-7,10,13-16H2,1-5H3,(H,35,38)(H,36,37)/b19-17+. The van der Waals surface area contributed by atoms with Gasteiger partial charge in [-0.3, -0.25) is 9.59 Å². The van der Waals surface area contributed by atoms with E-state index in [1.807, 2.05) is 0 Å². The van der Waals surface area contributed by atoms with Crippen molar-refractivity contribution < 1.29 is 36.7 Å². The number of allylic oxidation sites excluding steroid dienone is 1. The molecule has 11 heteroatoms. The fourth-order valence-electron chi connectivity index (χ4n) is 5.07. The van der Waals surface area contributed by atoms with Gasteiger partial charge in [0.05, 0.1) is 30.6 Å². The molecule has 1 unspecified atom stereocenters. The molecule has 0 aromatic heterocycles. The first-order valence-electron chi connectivity index (χ1n) is 14.1. The maximum atomic E-state index is 13.2. The van der Waals surface area contributed by atoms with E-state index in [4.69, 9.17) is 13.9 Å². The SMILES string of the molecule is C[Si](C)OC(CCOc1ccc(NC(=O)/C=C2\CCCOc3cc(C(F)(F)F)ccc32)c2c1NC(=O)CC2)C(C)(C)C. The molecule has 1 radical (unpaired) electrons. The molecule has 42 heavy (non-hydrogen) atoms. The highest BCUT2D eigenvalue weighted by molar-refractivity contribution is 6.48. The van der Waals surface area contributed by atoms with Crippen LogP contribution < -0.4 is 20.1 Å². The Labute approximate surface area is 246 Å². The van der Waals surface area contributed by atoms with E-state index in [0.717, 1.165) is 17.7 Å². The van der Waals surface area contributed by atoms with Crippen LogP contribution in [0.25, 0.3) is 5.57 Å². The molecule has 0 aliphatic carbocycles. The van der Waals surface area contributed by atoms with Gasteiger partial charge in [-0.25, -0.2) is 0 Å². The first-order valence-corrected chi connectivity index (χ1v) is 16.5. The third kappa shape index (κ3) is 7.94. The van der Waals surface area contributed by atoms with Crippen LogP contribution in [0.1, 0.15) is 63.1 Å². The summed E-state index contributed by atoms with van der Waals surface area (Å²) < 4.78 is 57.6. The Kier molecular flexibility index (Phi) is 9.72. The number of ether oxygens (including phenoxy) is 2. The molecule has 2 aliphatic heterocycles. The van der Waals surface area contributed by atoms with Crippen LogP contribution in [0.5, 0.6) is 11.5 Å². The molecule has 2 aliphatic rings. The average Bonchev–Trinajstić information content (AvgIpc) is 3.09. The maximum Gasteiger partial charge on any atom is 0.416 e. The van der Waals surface area contributed by atoms with Gasteiger partial charge in [0.2, 0.25) is 20.9 Å². The number of amides is 2. The van der Waals surface area contributed by atoms with Gasteiger partial charge in [-0.2, -0.15) is 13.2 Å². The number of anilines is 2. The van der Waals surface area contributed by atoms with Crippen molar-refractivity contribution in [1.82, 2.24) is 0 Å². The Hall–Kier alpha value is -3.31. The molecule has 0 saturated heterocycles. The zero-order valence-electron chi connectivity index (χ0n) is 24.7. The predicted octanol–water partition coefficient (Wildman–Crippen LogP) is 7.24. The summed E-state index contributed by atoms with van der Waals surface area (Å²) in [5.74, 6) is 0.0758. The molecular formula is C31H38F3N2O5Si. The number of benzene rings is 2. The largest absolute Gasteiger partial charge is 0.493 e. The number of halogens is 3. The van der Waals surface area contributed by atoms with E-state index in [1.54, 1.807) is 12.1 Å². The molecule has 2 amide bonds. The minimum atomic E-state index is -4.49. The maximum absolute atomic E-state index is 13.2. The third-order valence-electron chi connectivity index (χ3n) is 7.19. The van der Waals surface area contributed by atoms with Crippen molar-refractivity contribution in [2.24, 2.45) is 5.41 Å². The summed E-state index contributed by atoms with van der Waals surface area (Å²) in [6, 6.07) is 6.80. The van der Waals surface area contributed by atoms with Gasteiger partial charge in [0.1, 0.15) is 11.5 Å². The first-order chi connectivity index (χ1) is 19.7. The summed E-state index contributed by atoms with van der Waals surface area (Å²) in [5.41, 5.74) is 2.04. The van der Waals surface area contributed by atoms with Gasteiger partial charge < -0.3 is 24.5 Å². The molecule has 2 aromatic carbocycles. The van der Waals surface area contributed by atoms with Crippen molar-refractivity contribution in [1.29, 1.82) is 0 Å². The Morgan fingerprint density at radius 1 is 1.14 bits per heavy atom. The van der Waals surface area contributed by atoms with Crippen molar-refractivity contribution in [2.75, 3.05) is 23.8 Å². The normalized spacial score (nSPS) is 17.1. The number of rotatable bonds is 8. The summed E-state index contributed by atoms with van der Waals surface area (Å²) in [7, 11) is -0.894. The first kappa shape index (κ1) is 31.6. The number of carbonyl (C=O) groups is 2. The lowest BCUT2D eigenvalue weighted by Crippen LogP contribution is -2.34. The van der Waals surface area contributed by atoms with Gasteiger partial charge in [0.25, 0.3) is 0 Å². The van der Waals surface area contributed by atoms with Gasteiger partial charge in [-0.05, 0) is 67.6 Å². The molecule has 7 nitrogen and oxygen atoms in total. The molecule has 0 fully saturated rings. The van der Waals surface area contributed by atoms with Crippen molar-refractivity contribution in [2.45, 2.75) is 78.2 Å². The molecule has 227 valence electrons. The van der Waals surface area contributed by atoms with E-state index in [-0.39, 0.29) is 36.2 Å². The number of fused-ring (bicyclic) bond motifs is 2. The van der Waals surface area contributed by atoms with Gasteiger partial charge in [0, 0.05) is 35.7 Å². The van der Waals surface area contributed by atoms with E-state index < -0.39 is 26.7 Å². The average molecular weight is 604 g/mol. The third-order valence-corrected chi connectivity index (χ3v) is 7.94. The molecule has 1 atom stereocenters. The highest BCUT2D eigenvalue weighted by Crippen LogP contribution is 2.40. The minimum absolute atomic E-state index is 0.0259. The van der Waals surface area contributed by atoms with Crippen LogP contribution in [0.3, 0.4) is 0 Å². The fraction of sp³-hybridized carbons (Fsp3) is 0.484. The molecule has 2 aromatic rings. The predicted molar refractivity (Wildman–Crippen MR) is 158 cm³/mol. The smallest absolute Gasteiger partial charge is 0.416 e. The molecule has 0 spiro atoms. The van der Waals surface area contributed by atoms with E-state index in [0.29, 0.717) is 60.6 Å². The monoisotopic (exact) mass is 603 g/mol. The quantitative estimate of drug-likeness (QED) is 0.246. The number of alkyl halides is 3. The van der Waals surface area contributed by atoms with Crippen molar-refractivity contribution in [3.05, 3.63) is 53.1 Å². The van der Waals surface area contributed by atoms with Crippen LogP contribution in [0.15, 0.2) is 36.4 Å². The number of hydrogen-bond donors (Lipinski definition) is 2. The molecule has 0 saturated carbocycles. The van der Waals surface area contributed by atoms with Crippen LogP contribution in [0.2, 0.25) is 13.1 Å². The lowest BCUT2D eigenvalue weighted by Gasteiger charge is -2.32. The van der Waals surface area contributed by atoms with E-state index in [2.05, 4.69) is 44.5 Å². The summed E-state index contributed by atoms with van der Waals surface area (Å²) in [4.78, 5) is 25.4. The summed E-state index contributed by atoms with van der Waals surface area (Å²) in [6.07, 6.45) is -0.650. The Morgan fingerprint density at radius 2 is 1.90 bits per heavy atom. The van der Waals surface area contributed by atoms with Gasteiger partial charge in [-0.15, -0.1) is 0 Å². The van der Waals surface area contributed by atoms with Crippen LogP contribution in [0.4, 0.5) is 24.5 Å². The van der Waals surface area contributed by atoms with Crippen molar-refractivity contribution in [3.63, 3.8) is 0 Å². The number of nitrogens with one attached hydrogen (secondary N) is 2. The van der Waals surface area contributed by atoms with E-state index in [9.17, 15) is 22.8 Å². The lowest BCUT2D eigenvalue weighted by atomic mass is 9.87. The van der Waals surface area contributed by atoms with E-state index in [1.165, 1.54) is 12.1 Å².